The Bertz CT molecular complexity index is 510. The zero-order valence-corrected chi connectivity index (χ0v) is 11.5. The number of ether oxygens (including phenoxy) is 1. The van der Waals surface area contributed by atoms with Gasteiger partial charge in [-0.05, 0) is 50.2 Å². The van der Waals surface area contributed by atoms with Crippen LogP contribution in [0.25, 0.3) is 0 Å². The zero-order valence-electron chi connectivity index (χ0n) is 11.5. The third-order valence-electron chi connectivity index (χ3n) is 4.09. The molecule has 1 aromatic rings. The van der Waals surface area contributed by atoms with Crippen LogP contribution >= 0.6 is 0 Å². The molecule has 1 fully saturated rings. The number of aromatic carboxylic acids is 1. The Labute approximate surface area is 118 Å². The largest absolute Gasteiger partial charge is 0.478 e. The van der Waals surface area contributed by atoms with Crippen molar-refractivity contribution >= 4 is 11.8 Å². The van der Waals surface area contributed by atoms with E-state index in [2.05, 4.69) is 10.3 Å². The van der Waals surface area contributed by atoms with Crippen molar-refractivity contribution < 1.29 is 14.6 Å². The fourth-order valence-corrected chi connectivity index (χ4v) is 2.94. The number of nitrogens with zero attached hydrogens (tertiary/aromatic N) is 1. The summed E-state index contributed by atoms with van der Waals surface area (Å²) in [5.74, 6) is -0.370. The van der Waals surface area contributed by atoms with Gasteiger partial charge in [-0.1, -0.05) is 0 Å². The number of carboxylic acids is 1. The van der Waals surface area contributed by atoms with E-state index in [1.807, 2.05) is 6.07 Å². The van der Waals surface area contributed by atoms with Crippen molar-refractivity contribution in [3.8, 4) is 0 Å². The predicted octanol–water partition coefficient (Wildman–Crippen LogP) is 2.25. The lowest BCUT2D eigenvalue weighted by Gasteiger charge is -2.25. The molecule has 5 heteroatoms. The number of aromatic nitrogens is 1. The molecule has 5 nitrogen and oxygen atoms in total. The smallest absolute Gasteiger partial charge is 0.339 e. The van der Waals surface area contributed by atoms with E-state index in [-0.39, 0.29) is 6.04 Å². The highest BCUT2D eigenvalue weighted by Crippen LogP contribution is 2.26. The van der Waals surface area contributed by atoms with Crippen LogP contribution in [0.1, 0.15) is 47.3 Å². The summed E-state index contributed by atoms with van der Waals surface area (Å²) < 4.78 is 5.33. The summed E-state index contributed by atoms with van der Waals surface area (Å²) in [5.41, 5.74) is 2.47. The molecule has 2 N–H and O–H groups in total. The Morgan fingerprint density at radius 2 is 2.05 bits per heavy atom. The SMILES string of the molecule is O=C(O)c1cc2c(nc1NC1CCOCC1)CCCC2. The summed E-state index contributed by atoms with van der Waals surface area (Å²) in [4.78, 5) is 16.0. The number of carbonyl (C=O) groups is 1. The molecule has 1 saturated heterocycles. The maximum absolute atomic E-state index is 11.4. The molecule has 0 unspecified atom stereocenters. The van der Waals surface area contributed by atoms with Crippen molar-refractivity contribution in [1.82, 2.24) is 4.98 Å². The van der Waals surface area contributed by atoms with E-state index in [1.54, 1.807) is 0 Å². The number of carboxylic acid groups (broad SMARTS) is 1. The highest BCUT2D eigenvalue weighted by atomic mass is 16.5. The van der Waals surface area contributed by atoms with Crippen LogP contribution in [0.3, 0.4) is 0 Å². The van der Waals surface area contributed by atoms with Gasteiger partial charge in [0.2, 0.25) is 0 Å². The Balaban J connectivity index is 1.88. The number of nitrogens with one attached hydrogen (secondary N) is 1. The van der Waals surface area contributed by atoms with Crippen LogP contribution < -0.4 is 5.32 Å². The molecular weight excluding hydrogens is 256 g/mol. The molecule has 3 rings (SSSR count). The first-order valence-corrected chi connectivity index (χ1v) is 7.34. The lowest BCUT2D eigenvalue weighted by Crippen LogP contribution is -2.29. The Kier molecular flexibility index (Phi) is 3.87. The molecule has 0 bridgehead atoms. The molecule has 0 amide bonds. The number of fused-ring (bicyclic) bond motifs is 1. The Hall–Kier alpha value is -1.62. The van der Waals surface area contributed by atoms with Gasteiger partial charge >= 0.3 is 5.97 Å². The van der Waals surface area contributed by atoms with E-state index >= 15 is 0 Å². The van der Waals surface area contributed by atoms with E-state index in [4.69, 9.17) is 4.74 Å². The molecule has 2 aliphatic rings. The molecular formula is C15H20N2O3. The third-order valence-corrected chi connectivity index (χ3v) is 4.09. The Morgan fingerprint density at radius 1 is 1.30 bits per heavy atom. The third kappa shape index (κ3) is 2.77. The zero-order chi connectivity index (χ0) is 13.9. The van der Waals surface area contributed by atoms with E-state index in [0.29, 0.717) is 11.4 Å². The van der Waals surface area contributed by atoms with E-state index in [0.717, 1.165) is 63.0 Å². The second-order valence-corrected chi connectivity index (χ2v) is 5.53. The van der Waals surface area contributed by atoms with Crippen LogP contribution in [0.2, 0.25) is 0 Å². The topological polar surface area (TPSA) is 71.5 Å². The second kappa shape index (κ2) is 5.79. The number of anilines is 1. The highest BCUT2D eigenvalue weighted by molar-refractivity contribution is 5.93. The van der Waals surface area contributed by atoms with E-state index in [9.17, 15) is 9.90 Å². The van der Waals surface area contributed by atoms with Gasteiger partial charge in [0.15, 0.2) is 0 Å². The van der Waals surface area contributed by atoms with Gasteiger partial charge in [0.05, 0.1) is 0 Å². The predicted molar refractivity (Wildman–Crippen MR) is 75.3 cm³/mol. The van der Waals surface area contributed by atoms with Crippen molar-refractivity contribution in [1.29, 1.82) is 0 Å². The lowest BCUT2D eigenvalue weighted by molar-refractivity contribution is 0.0697. The van der Waals surface area contributed by atoms with Gasteiger partial charge in [-0.15, -0.1) is 0 Å². The second-order valence-electron chi connectivity index (χ2n) is 5.53. The number of aryl methyl sites for hydroxylation is 2. The van der Waals surface area contributed by atoms with Gasteiger partial charge in [-0.25, -0.2) is 9.78 Å². The molecule has 0 saturated carbocycles. The van der Waals surface area contributed by atoms with Crippen LogP contribution in [-0.2, 0) is 17.6 Å². The summed E-state index contributed by atoms with van der Waals surface area (Å²) in [6.45, 7) is 1.45. The fourth-order valence-electron chi connectivity index (χ4n) is 2.94. The van der Waals surface area contributed by atoms with Crippen molar-refractivity contribution in [3.05, 3.63) is 22.9 Å². The first kappa shape index (κ1) is 13.4. The fraction of sp³-hybridized carbons (Fsp3) is 0.600. The van der Waals surface area contributed by atoms with Crippen molar-refractivity contribution in [2.75, 3.05) is 18.5 Å². The molecule has 0 aromatic carbocycles. The summed E-state index contributed by atoms with van der Waals surface area (Å²) >= 11 is 0. The molecule has 2 heterocycles. The van der Waals surface area contributed by atoms with Gasteiger partial charge < -0.3 is 15.2 Å². The van der Waals surface area contributed by atoms with Crippen molar-refractivity contribution in [2.45, 2.75) is 44.6 Å². The van der Waals surface area contributed by atoms with Gasteiger partial charge in [-0.2, -0.15) is 0 Å². The normalized spacial score (nSPS) is 19.4. The van der Waals surface area contributed by atoms with Gasteiger partial charge in [-0.3, -0.25) is 0 Å². The summed E-state index contributed by atoms with van der Waals surface area (Å²) in [5, 5.41) is 12.7. The van der Waals surface area contributed by atoms with E-state index in [1.165, 1.54) is 0 Å². The molecule has 20 heavy (non-hydrogen) atoms. The number of rotatable bonds is 3. The molecule has 0 radical (unpaired) electrons. The molecule has 1 aromatic heterocycles. The quantitative estimate of drug-likeness (QED) is 0.886. The number of hydrogen-bond acceptors (Lipinski definition) is 4. The van der Waals surface area contributed by atoms with E-state index < -0.39 is 5.97 Å². The minimum absolute atomic E-state index is 0.260. The van der Waals surface area contributed by atoms with Gasteiger partial charge in [0.25, 0.3) is 0 Å². The van der Waals surface area contributed by atoms with Crippen LogP contribution in [0.4, 0.5) is 5.82 Å². The minimum atomic E-state index is -0.902. The van der Waals surface area contributed by atoms with Crippen LogP contribution in [0.5, 0.6) is 0 Å². The van der Waals surface area contributed by atoms with Crippen LogP contribution in [0.15, 0.2) is 6.07 Å². The first-order chi connectivity index (χ1) is 9.74. The molecule has 0 atom stereocenters. The molecule has 1 aliphatic carbocycles. The molecule has 1 aliphatic heterocycles. The lowest BCUT2D eigenvalue weighted by atomic mass is 9.94. The Morgan fingerprint density at radius 3 is 2.80 bits per heavy atom. The molecule has 108 valence electrons. The van der Waals surface area contributed by atoms with Crippen molar-refractivity contribution in [2.24, 2.45) is 0 Å². The summed E-state index contributed by atoms with van der Waals surface area (Å²) in [7, 11) is 0. The van der Waals surface area contributed by atoms with Crippen molar-refractivity contribution in [3.63, 3.8) is 0 Å². The minimum Gasteiger partial charge on any atom is -0.478 e. The van der Waals surface area contributed by atoms with Gasteiger partial charge in [0, 0.05) is 24.9 Å². The average molecular weight is 276 g/mol. The van der Waals surface area contributed by atoms with Crippen LogP contribution in [0, 0.1) is 0 Å². The van der Waals surface area contributed by atoms with Crippen LogP contribution in [-0.4, -0.2) is 35.3 Å². The average Bonchev–Trinajstić information content (AvgIpc) is 2.47. The summed E-state index contributed by atoms with van der Waals surface area (Å²) in [6, 6.07) is 2.07. The monoisotopic (exact) mass is 276 g/mol. The maximum Gasteiger partial charge on any atom is 0.339 e. The highest BCUT2D eigenvalue weighted by Gasteiger charge is 2.21. The molecule has 0 spiro atoms. The standard InChI is InChI=1S/C15H20N2O3/c18-15(19)12-9-10-3-1-2-4-13(10)17-14(12)16-11-5-7-20-8-6-11/h9,11H,1-8H2,(H,16,17)(H,18,19). The summed E-state index contributed by atoms with van der Waals surface area (Å²) in [6.07, 6.45) is 5.97. The van der Waals surface area contributed by atoms with Gasteiger partial charge in [0.1, 0.15) is 11.4 Å². The number of hydrogen-bond donors (Lipinski definition) is 2. The maximum atomic E-state index is 11.4. The number of pyridine rings is 1. The first-order valence-electron chi connectivity index (χ1n) is 7.34.